The lowest BCUT2D eigenvalue weighted by Gasteiger charge is -2.13. The second kappa shape index (κ2) is 8.14. The number of hydrogen-bond donors (Lipinski definition) is 2. The summed E-state index contributed by atoms with van der Waals surface area (Å²) in [6.45, 7) is 3.95. The number of aromatic nitrogens is 2. The van der Waals surface area contributed by atoms with E-state index in [0.717, 1.165) is 5.56 Å². The molecule has 1 amide bonds. The van der Waals surface area contributed by atoms with Crippen LogP contribution in [0.3, 0.4) is 0 Å². The van der Waals surface area contributed by atoms with Crippen LogP contribution in [0.5, 0.6) is 0 Å². The smallest absolute Gasteiger partial charge is 0.274 e. The number of carbonyl (C=O) groups excluding carboxylic acids is 1. The van der Waals surface area contributed by atoms with Gasteiger partial charge in [-0.15, -0.1) is 0 Å². The van der Waals surface area contributed by atoms with Crippen molar-refractivity contribution in [3.8, 4) is 0 Å². The molecule has 1 heterocycles. The molecule has 0 bridgehead atoms. The van der Waals surface area contributed by atoms with Gasteiger partial charge in [0.05, 0.1) is 28.4 Å². The summed E-state index contributed by atoms with van der Waals surface area (Å²) in [4.78, 5) is 25.0. The summed E-state index contributed by atoms with van der Waals surface area (Å²) < 4.78 is 24.0. The molecule has 0 unspecified atom stereocenters. The largest absolute Gasteiger partial charge is 0.352 e. The van der Waals surface area contributed by atoms with E-state index < -0.39 is 10.0 Å². The zero-order valence-corrected chi connectivity index (χ0v) is 16.9. The molecule has 3 N–H and O–H groups in total. The van der Waals surface area contributed by atoms with Gasteiger partial charge >= 0.3 is 0 Å². The molecule has 0 spiro atoms. The Labute approximate surface area is 168 Å². The zero-order chi connectivity index (χ0) is 21.2. The normalized spacial score (nSPS) is 11.7. The van der Waals surface area contributed by atoms with Crippen LogP contribution in [-0.2, 0) is 27.8 Å². The Morgan fingerprint density at radius 3 is 2.31 bits per heavy atom. The number of primary sulfonamides is 1. The summed E-state index contributed by atoms with van der Waals surface area (Å²) in [7, 11) is -3.75. The molecular formula is C20H22N4O4S. The Balaban J connectivity index is 1.78. The maximum absolute atomic E-state index is 12.6. The molecule has 3 aromatic rings. The zero-order valence-electron chi connectivity index (χ0n) is 16.1. The number of hydrogen-bond acceptors (Lipinski definition) is 5. The molecule has 0 fully saturated rings. The van der Waals surface area contributed by atoms with Gasteiger partial charge in [0, 0.05) is 11.9 Å². The van der Waals surface area contributed by atoms with Gasteiger partial charge in [-0.05, 0) is 37.6 Å². The fourth-order valence-corrected chi connectivity index (χ4v) is 3.48. The first-order valence-corrected chi connectivity index (χ1v) is 10.6. The molecule has 0 aliphatic carbocycles. The predicted octanol–water partition coefficient (Wildman–Crippen LogP) is 1.48. The van der Waals surface area contributed by atoms with Crippen molar-refractivity contribution in [3.05, 3.63) is 70.1 Å². The standard InChI is InChI=1S/C20H22N4O4S/c1-13(2)24-20(26)17-6-4-3-5-16(17)18(23-24)11-19(25)22-12-14-7-9-15(10-8-14)29(21,27)28/h3-10,13H,11-12H2,1-2H3,(H,22,25)(H2,21,27,28). The van der Waals surface area contributed by atoms with Gasteiger partial charge in [0.1, 0.15) is 0 Å². The van der Waals surface area contributed by atoms with Crippen molar-refractivity contribution < 1.29 is 13.2 Å². The van der Waals surface area contributed by atoms with Gasteiger partial charge in [-0.1, -0.05) is 30.3 Å². The number of nitrogens with zero attached hydrogens (tertiary/aromatic N) is 2. The fourth-order valence-electron chi connectivity index (χ4n) is 2.97. The number of benzene rings is 2. The van der Waals surface area contributed by atoms with Crippen LogP contribution in [0.4, 0.5) is 0 Å². The van der Waals surface area contributed by atoms with E-state index in [2.05, 4.69) is 10.4 Å². The molecule has 9 heteroatoms. The molecule has 0 atom stereocenters. The van der Waals surface area contributed by atoms with Gasteiger partial charge in [-0.2, -0.15) is 5.10 Å². The highest BCUT2D eigenvalue weighted by Gasteiger charge is 2.15. The Bertz CT molecular complexity index is 1220. The van der Waals surface area contributed by atoms with Crippen LogP contribution in [0, 0.1) is 0 Å². The van der Waals surface area contributed by atoms with E-state index in [1.807, 2.05) is 13.8 Å². The van der Waals surface area contributed by atoms with Crippen molar-refractivity contribution in [2.75, 3.05) is 0 Å². The number of amides is 1. The van der Waals surface area contributed by atoms with Gasteiger partial charge in [-0.25, -0.2) is 18.2 Å². The number of carbonyl (C=O) groups is 1. The van der Waals surface area contributed by atoms with Gasteiger partial charge in [-0.3, -0.25) is 9.59 Å². The van der Waals surface area contributed by atoms with Crippen LogP contribution < -0.4 is 16.0 Å². The van der Waals surface area contributed by atoms with E-state index >= 15 is 0 Å². The van der Waals surface area contributed by atoms with Crippen molar-refractivity contribution in [1.29, 1.82) is 0 Å². The van der Waals surface area contributed by atoms with E-state index in [4.69, 9.17) is 5.14 Å². The van der Waals surface area contributed by atoms with Crippen molar-refractivity contribution in [2.45, 2.75) is 37.8 Å². The number of nitrogens with two attached hydrogens (primary N) is 1. The average molecular weight is 414 g/mol. The van der Waals surface area contributed by atoms with E-state index in [1.54, 1.807) is 36.4 Å². The van der Waals surface area contributed by atoms with Crippen LogP contribution in [0.25, 0.3) is 10.8 Å². The summed E-state index contributed by atoms with van der Waals surface area (Å²) in [5, 5.41) is 13.4. The summed E-state index contributed by atoms with van der Waals surface area (Å²) in [6, 6.07) is 12.9. The topological polar surface area (TPSA) is 124 Å². The fraction of sp³-hybridized carbons (Fsp3) is 0.250. The minimum absolute atomic E-state index is 0.0131. The molecule has 8 nitrogen and oxygen atoms in total. The molecule has 0 aliphatic rings. The molecule has 0 saturated heterocycles. The maximum atomic E-state index is 12.6. The lowest BCUT2D eigenvalue weighted by atomic mass is 10.1. The Hall–Kier alpha value is -3.04. The highest BCUT2D eigenvalue weighted by atomic mass is 32.2. The van der Waals surface area contributed by atoms with Gasteiger partial charge in [0.2, 0.25) is 15.9 Å². The Morgan fingerprint density at radius 1 is 1.10 bits per heavy atom. The molecule has 0 aliphatic heterocycles. The van der Waals surface area contributed by atoms with Crippen LogP contribution in [0.2, 0.25) is 0 Å². The summed E-state index contributed by atoms with van der Waals surface area (Å²) in [5.41, 5.74) is 1.07. The first kappa shape index (κ1) is 20.7. The molecule has 0 radical (unpaired) electrons. The molecule has 29 heavy (non-hydrogen) atoms. The maximum Gasteiger partial charge on any atom is 0.274 e. The SMILES string of the molecule is CC(C)n1nc(CC(=O)NCc2ccc(S(N)(=O)=O)cc2)c2ccccc2c1=O. The highest BCUT2D eigenvalue weighted by molar-refractivity contribution is 7.89. The van der Waals surface area contributed by atoms with E-state index in [-0.39, 0.29) is 35.4 Å². The quantitative estimate of drug-likeness (QED) is 0.632. The number of nitrogens with one attached hydrogen (secondary N) is 1. The second-order valence-electron chi connectivity index (χ2n) is 6.98. The van der Waals surface area contributed by atoms with Crippen molar-refractivity contribution in [2.24, 2.45) is 5.14 Å². The Kier molecular flexibility index (Phi) is 5.81. The van der Waals surface area contributed by atoms with Crippen molar-refractivity contribution in [3.63, 3.8) is 0 Å². The first-order chi connectivity index (χ1) is 13.7. The van der Waals surface area contributed by atoms with Crippen LogP contribution in [0.1, 0.15) is 31.1 Å². The molecule has 2 aromatic carbocycles. The number of fused-ring (bicyclic) bond motifs is 1. The lowest BCUT2D eigenvalue weighted by molar-refractivity contribution is -0.120. The van der Waals surface area contributed by atoms with Crippen LogP contribution in [-0.4, -0.2) is 24.1 Å². The molecule has 3 rings (SSSR count). The van der Waals surface area contributed by atoms with E-state index in [1.165, 1.54) is 16.8 Å². The lowest BCUT2D eigenvalue weighted by Crippen LogP contribution is -2.29. The van der Waals surface area contributed by atoms with E-state index in [0.29, 0.717) is 16.5 Å². The molecule has 0 saturated carbocycles. The first-order valence-electron chi connectivity index (χ1n) is 9.05. The third-order valence-corrected chi connectivity index (χ3v) is 5.39. The van der Waals surface area contributed by atoms with Crippen molar-refractivity contribution >= 4 is 26.7 Å². The van der Waals surface area contributed by atoms with Crippen molar-refractivity contribution in [1.82, 2.24) is 15.1 Å². The minimum Gasteiger partial charge on any atom is -0.352 e. The predicted molar refractivity (Wildman–Crippen MR) is 110 cm³/mol. The number of sulfonamides is 1. The summed E-state index contributed by atoms with van der Waals surface area (Å²) in [5.74, 6) is -0.257. The third-order valence-electron chi connectivity index (χ3n) is 4.46. The monoisotopic (exact) mass is 414 g/mol. The number of rotatable bonds is 6. The molecular weight excluding hydrogens is 392 g/mol. The van der Waals surface area contributed by atoms with Gasteiger partial charge in [0.25, 0.3) is 5.56 Å². The van der Waals surface area contributed by atoms with Gasteiger partial charge in [0.15, 0.2) is 0 Å². The minimum atomic E-state index is -3.75. The Morgan fingerprint density at radius 2 is 1.72 bits per heavy atom. The second-order valence-corrected chi connectivity index (χ2v) is 8.54. The van der Waals surface area contributed by atoms with Crippen LogP contribution in [0.15, 0.2) is 58.2 Å². The molecule has 1 aromatic heterocycles. The highest BCUT2D eigenvalue weighted by Crippen LogP contribution is 2.15. The van der Waals surface area contributed by atoms with Gasteiger partial charge < -0.3 is 5.32 Å². The summed E-state index contributed by atoms with van der Waals surface area (Å²) >= 11 is 0. The average Bonchev–Trinajstić information content (AvgIpc) is 2.68. The summed E-state index contributed by atoms with van der Waals surface area (Å²) in [6.07, 6.45) is 0.0166. The third kappa shape index (κ3) is 4.69. The van der Waals surface area contributed by atoms with Crippen LogP contribution >= 0.6 is 0 Å². The van der Waals surface area contributed by atoms with E-state index in [9.17, 15) is 18.0 Å². The molecule has 152 valence electrons.